The van der Waals surface area contributed by atoms with Crippen molar-refractivity contribution < 1.29 is 70.4 Å². The number of para-hydroxylation sites is 2. The largest absolute Gasteiger partial charge is 0.573 e. The molecule has 0 unspecified atom stereocenters. The maximum Gasteiger partial charge on any atom is 0.573 e. The van der Waals surface area contributed by atoms with Crippen molar-refractivity contribution in [3.8, 4) is 5.75 Å². The summed E-state index contributed by atoms with van der Waals surface area (Å²) in [6, 6.07) is 0.663. The van der Waals surface area contributed by atoms with Crippen LogP contribution in [0, 0.1) is 0 Å². The Kier molecular flexibility index (Phi) is 12.3. The van der Waals surface area contributed by atoms with E-state index in [2.05, 4.69) is 20.7 Å². The molecule has 0 fully saturated rings. The van der Waals surface area contributed by atoms with Crippen molar-refractivity contribution in [2.24, 2.45) is 0 Å². The SMILES string of the molecule is COC(=O)C1=C[C@H](NC(=O)Nc2ccccc2OC(F)(F)F)[C@@H](NC(C)=O)[C@H]([C@H](OC(C)=O)[C@@H](COC(C)=O)OC(C)=O)O1. The van der Waals surface area contributed by atoms with Crippen molar-refractivity contribution in [1.29, 1.82) is 0 Å². The number of rotatable bonds is 11. The molecule has 0 aromatic heterocycles. The number of halogens is 3. The smallest absolute Gasteiger partial charge is 0.477 e. The van der Waals surface area contributed by atoms with E-state index in [1.807, 2.05) is 0 Å². The molecule has 0 spiro atoms. The molecule has 1 aliphatic rings. The third kappa shape index (κ3) is 11.0. The maximum atomic E-state index is 13.0. The number of urea groups is 1. The first-order valence-corrected chi connectivity index (χ1v) is 12.6. The number of nitrogens with one attached hydrogen (secondary N) is 3. The summed E-state index contributed by atoms with van der Waals surface area (Å²) in [5.74, 6) is -5.74. The highest BCUT2D eigenvalue weighted by molar-refractivity contribution is 5.92. The molecule has 1 heterocycles. The van der Waals surface area contributed by atoms with Gasteiger partial charge in [0, 0.05) is 27.7 Å². The highest BCUT2D eigenvalue weighted by atomic mass is 19.4. The van der Waals surface area contributed by atoms with Gasteiger partial charge in [-0.1, -0.05) is 12.1 Å². The minimum Gasteiger partial charge on any atom is -0.477 e. The van der Waals surface area contributed by atoms with Gasteiger partial charge >= 0.3 is 36.3 Å². The minimum atomic E-state index is -5.08. The Balaban J connectivity index is 2.56. The Morgan fingerprint density at radius 1 is 0.932 bits per heavy atom. The Bertz CT molecular complexity index is 1290. The number of amides is 3. The van der Waals surface area contributed by atoms with E-state index >= 15 is 0 Å². The number of benzene rings is 1. The summed E-state index contributed by atoms with van der Waals surface area (Å²) < 4.78 is 68.4. The summed E-state index contributed by atoms with van der Waals surface area (Å²) in [5.41, 5.74) is -0.395. The van der Waals surface area contributed by atoms with Crippen LogP contribution in [-0.4, -0.2) is 86.3 Å². The van der Waals surface area contributed by atoms with Crippen LogP contribution in [0.1, 0.15) is 27.7 Å². The van der Waals surface area contributed by atoms with Crippen LogP contribution in [0.3, 0.4) is 0 Å². The van der Waals surface area contributed by atoms with Gasteiger partial charge in [-0.3, -0.25) is 19.2 Å². The van der Waals surface area contributed by atoms with Gasteiger partial charge in [-0.2, -0.15) is 0 Å². The first-order chi connectivity index (χ1) is 20.5. The third-order valence-electron chi connectivity index (χ3n) is 5.51. The molecule has 15 nitrogen and oxygen atoms in total. The second-order valence-electron chi connectivity index (χ2n) is 9.02. The number of esters is 4. The van der Waals surface area contributed by atoms with Gasteiger partial charge in [-0.15, -0.1) is 13.2 Å². The van der Waals surface area contributed by atoms with Crippen LogP contribution >= 0.6 is 0 Å². The van der Waals surface area contributed by atoms with E-state index in [4.69, 9.17) is 23.7 Å². The molecule has 0 saturated heterocycles. The average Bonchev–Trinajstić information content (AvgIpc) is 2.89. The van der Waals surface area contributed by atoms with Crippen LogP contribution in [0.15, 0.2) is 36.1 Å². The zero-order valence-corrected chi connectivity index (χ0v) is 24.0. The van der Waals surface area contributed by atoms with Crippen molar-refractivity contribution in [2.45, 2.75) is 64.5 Å². The molecule has 1 aromatic carbocycles. The van der Waals surface area contributed by atoms with Crippen molar-refractivity contribution >= 4 is 41.5 Å². The van der Waals surface area contributed by atoms with Crippen molar-refractivity contribution in [1.82, 2.24) is 10.6 Å². The molecule has 1 aromatic rings. The van der Waals surface area contributed by atoms with E-state index in [9.17, 15) is 41.9 Å². The minimum absolute atomic E-state index is 0.395. The van der Waals surface area contributed by atoms with Gasteiger partial charge in [0.1, 0.15) is 6.61 Å². The van der Waals surface area contributed by atoms with Crippen LogP contribution in [-0.2, 0) is 47.7 Å². The standard InChI is InChI=1S/C26H30F3N3O12/c1-12(33)30-21-17(32-25(38)31-16-8-6-7-9-18(16)44-26(27,28)29)10-19(24(37)39-5)43-23(21)22(42-15(4)36)20(41-14(3)35)11-40-13(2)34/h6-10,17,20-23H,11H2,1-5H3,(H,30,33)(H2,31,32,38)/t17-,20+,21+,22+,23+/m0/s1. The number of hydrogen-bond acceptors (Lipinski definition) is 12. The summed E-state index contributed by atoms with van der Waals surface area (Å²) in [7, 11) is 1.00. The molecular formula is C26H30F3N3O12. The molecule has 2 rings (SSSR count). The summed E-state index contributed by atoms with van der Waals surface area (Å²) in [4.78, 5) is 73.3. The Morgan fingerprint density at radius 3 is 2.11 bits per heavy atom. The van der Waals surface area contributed by atoms with E-state index in [1.54, 1.807) is 0 Å². The Labute approximate surface area is 248 Å². The molecule has 0 radical (unpaired) electrons. The summed E-state index contributed by atoms with van der Waals surface area (Å²) in [6.07, 6.45) is -8.92. The number of methoxy groups -OCH3 is 1. The highest BCUT2D eigenvalue weighted by Crippen LogP contribution is 2.31. The number of hydrogen-bond donors (Lipinski definition) is 3. The van der Waals surface area contributed by atoms with Gasteiger partial charge in [-0.25, -0.2) is 9.59 Å². The van der Waals surface area contributed by atoms with Gasteiger partial charge in [0.05, 0.1) is 24.9 Å². The fourth-order valence-electron chi connectivity index (χ4n) is 4.00. The number of anilines is 1. The molecule has 3 amide bonds. The molecular weight excluding hydrogens is 603 g/mol. The van der Waals surface area contributed by atoms with E-state index in [-0.39, 0.29) is 0 Å². The van der Waals surface area contributed by atoms with Crippen LogP contribution in [0.4, 0.5) is 23.7 Å². The van der Waals surface area contributed by atoms with Crippen LogP contribution < -0.4 is 20.7 Å². The quantitative estimate of drug-likeness (QED) is 0.235. The second-order valence-corrected chi connectivity index (χ2v) is 9.02. The van der Waals surface area contributed by atoms with Crippen LogP contribution in [0.25, 0.3) is 0 Å². The highest BCUT2D eigenvalue weighted by Gasteiger charge is 2.48. The average molecular weight is 634 g/mol. The molecule has 1 aliphatic heterocycles. The van der Waals surface area contributed by atoms with E-state index < -0.39 is 96.4 Å². The lowest BCUT2D eigenvalue weighted by molar-refractivity contribution is -0.274. The fraction of sp³-hybridized carbons (Fsp3) is 0.462. The number of ether oxygens (including phenoxy) is 6. The lowest BCUT2D eigenvalue weighted by Crippen LogP contribution is -2.64. The van der Waals surface area contributed by atoms with E-state index in [0.717, 1.165) is 53.0 Å². The predicted octanol–water partition coefficient (Wildman–Crippen LogP) is 1.46. The Morgan fingerprint density at radius 2 is 1.57 bits per heavy atom. The number of alkyl halides is 3. The molecule has 242 valence electrons. The predicted molar refractivity (Wildman–Crippen MR) is 139 cm³/mol. The zero-order valence-electron chi connectivity index (χ0n) is 24.0. The summed E-state index contributed by atoms with van der Waals surface area (Å²) >= 11 is 0. The van der Waals surface area contributed by atoms with Crippen molar-refractivity contribution in [2.75, 3.05) is 19.0 Å². The van der Waals surface area contributed by atoms with Gasteiger partial charge < -0.3 is 44.4 Å². The van der Waals surface area contributed by atoms with Crippen molar-refractivity contribution in [3.63, 3.8) is 0 Å². The van der Waals surface area contributed by atoms with E-state index in [0.29, 0.717) is 0 Å². The van der Waals surface area contributed by atoms with Gasteiger partial charge in [-0.05, 0) is 18.2 Å². The number of carbonyl (C=O) groups excluding carboxylic acids is 6. The zero-order chi connectivity index (χ0) is 33.2. The summed E-state index contributed by atoms with van der Waals surface area (Å²) in [5, 5.41) is 7.06. The first kappa shape index (κ1) is 35.2. The molecule has 3 N–H and O–H groups in total. The van der Waals surface area contributed by atoms with Crippen LogP contribution in [0.2, 0.25) is 0 Å². The maximum absolute atomic E-state index is 13.0. The van der Waals surface area contributed by atoms with E-state index in [1.165, 1.54) is 12.1 Å². The fourth-order valence-corrected chi connectivity index (χ4v) is 4.00. The molecule has 0 saturated carbocycles. The normalized spacial score (nSPS) is 19.0. The lowest BCUT2D eigenvalue weighted by atomic mass is 9.91. The third-order valence-corrected chi connectivity index (χ3v) is 5.51. The lowest BCUT2D eigenvalue weighted by Gasteiger charge is -2.41. The topological polar surface area (TPSA) is 194 Å². The van der Waals surface area contributed by atoms with Crippen molar-refractivity contribution in [3.05, 3.63) is 36.1 Å². The number of carbonyl (C=O) groups is 6. The molecule has 0 bridgehead atoms. The second kappa shape index (κ2) is 15.4. The first-order valence-electron chi connectivity index (χ1n) is 12.6. The monoisotopic (exact) mass is 633 g/mol. The Hall–Kier alpha value is -5.03. The molecule has 5 atom stereocenters. The van der Waals surface area contributed by atoms with Gasteiger partial charge in [0.2, 0.25) is 11.7 Å². The molecule has 44 heavy (non-hydrogen) atoms. The van der Waals surface area contributed by atoms with Gasteiger partial charge in [0.25, 0.3) is 0 Å². The molecule has 0 aliphatic carbocycles. The van der Waals surface area contributed by atoms with Gasteiger partial charge in [0.15, 0.2) is 24.1 Å². The summed E-state index contributed by atoms with van der Waals surface area (Å²) in [6.45, 7) is 3.47. The van der Waals surface area contributed by atoms with Crippen LogP contribution in [0.5, 0.6) is 5.75 Å². The molecule has 18 heteroatoms.